The molecule has 0 radical (unpaired) electrons. The Morgan fingerprint density at radius 1 is 1.38 bits per heavy atom. The number of aromatic nitrogens is 2. The normalized spacial score (nSPS) is 25.4. The van der Waals surface area contributed by atoms with Gasteiger partial charge in [-0.05, 0) is 37.7 Å². The Balaban J connectivity index is 1.93. The molecule has 2 rings (SSSR count). The molecular formula is C12H19N3O. The monoisotopic (exact) mass is 221 g/mol. The number of rotatable bonds is 3. The summed E-state index contributed by atoms with van der Waals surface area (Å²) in [5.74, 6) is 2.17. The lowest BCUT2D eigenvalue weighted by atomic mass is 9.87. The molecule has 0 atom stereocenters. The molecule has 1 heterocycles. The quantitative estimate of drug-likeness (QED) is 0.819. The van der Waals surface area contributed by atoms with Gasteiger partial charge in [0.25, 0.3) is 0 Å². The number of nitrogens with zero attached hydrogens (tertiary/aromatic N) is 2. The minimum atomic E-state index is -0.1000. The molecule has 1 aliphatic carbocycles. The summed E-state index contributed by atoms with van der Waals surface area (Å²) >= 11 is 0. The van der Waals surface area contributed by atoms with Crippen LogP contribution >= 0.6 is 0 Å². The second-order valence-corrected chi connectivity index (χ2v) is 4.62. The van der Waals surface area contributed by atoms with E-state index in [-0.39, 0.29) is 6.61 Å². The highest BCUT2D eigenvalue weighted by molar-refractivity contribution is 5.34. The standard InChI is InChI=1S/C12H19N3O/c1-9-2-4-10(5-3-9)14-11-6-7-13-12(8-16)15-11/h6-7,9-10,16H,2-5,8H2,1H3,(H,13,14,15). The third-order valence-electron chi connectivity index (χ3n) is 3.21. The minimum Gasteiger partial charge on any atom is -0.388 e. The van der Waals surface area contributed by atoms with Crippen molar-refractivity contribution in [3.8, 4) is 0 Å². The molecule has 4 heteroatoms. The molecule has 1 aromatic heterocycles. The predicted octanol–water partition coefficient (Wildman–Crippen LogP) is 1.96. The van der Waals surface area contributed by atoms with E-state index in [1.165, 1.54) is 25.7 Å². The zero-order chi connectivity index (χ0) is 11.4. The molecule has 0 amide bonds. The molecule has 2 N–H and O–H groups in total. The van der Waals surface area contributed by atoms with Gasteiger partial charge in [-0.15, -0.1) is 0 Å². The average molecular weight is 221 g/mol. The Morgan fingerprint density at radius 3 is 2.81 bits per heavy atom. The largest absolute Gasteiger partial charge is 0.388 e. The summed E-state index contributed by atoms with van der Waals surface area (Å²) in [4.78, 5) is 8.19. The summed E-state index contributed by atoms with van der Waals surface area (Å²) < 4.78 is 0. The Kier molecular flexibility index (Phi) is 3.72. The SMILES string of the molecule is CC1CCC(Nc2ccnc(CO)n2)CC1. The third kappa shape index (κ3) is 2.92. The summed E-state index contributed by atoms with van der Waals surface area (Å²) in [6.45, 7) is 2.21. The molecule has 0 bridgehead atoms. The van der Waals surface area contributed by atoms with Crippen LogP contribution < -0.4 is 5.32 Å². The maximum Gasteiger partial charge on any atom is 0.156 e. The molecule has 1 fully saturated rings. The number of hydrogen-bond acceptors (Lipinski definition) is 4. The van der Waals surface area contributed by atoms with Crippen molar-refractivity contribution in [1.29, 1.82) is 0 Å². The Hall–Kier alpha value is -1.16. The first kappa shape index (κ1) is 11.3. The van der Waals surface area contributed by atoms with Crippen LogP contribution in [-0.4, -0.2) is 21.1 Å². The lowest BCUT2D eigenvalue weighted by Gasteiger charge is -2.27. The second-order valence-electron chi connectivity index (χ2n) is 4.62. The summed E-state index contributed by atoms with van der Waals surface area (Å²) in [6.07, 6.45) is 6.68. The highest BCUT2D eigenvalue weighted by Gasteiger charge is 2.18. The van der Waals surface area contributed by atoms with Crippen LogP contribution in [0.3, 0.4) is 0 Å². The summed E-state index contributed by atoms with van der Waals surface area (Å²) in [7, 11) is 0. The van der Waals surface area contributed by atoms with Gasteiger partial charge >= 0.3 is 0 Å². The van der Waals surface area contributed by atoms with Crippen LogP contribution in [0.4, 0.5) is 5.82 Å². The van der Waals surface area contributed by atoms with Crippen molar-refractivity contribution < 1.29 is 5.11 Å². The first-order valence-electron chi connectivity index (χ1n) is 5.97. The average Bonchev–Trinajstić information content (AvgIpc) is 2.32. The van der Waals surface area contributed by atoms with Gasteiger partial charge < -0.3 is 10.4 Å². The zero-order valence-electron chi connectivity index (χ0n) is 9.69. The van der Waals surface area contributed by atoms with Gasteiger partial charge in [0.2, 0.25) is 0 Å². The molecule has 1 saturated carbocycles. The lowest BCUT2D eigenvalue weighted by Crippen LogP contribution is -2.25. The van der Waals surface area contributed by atoms with Gasteiger partial charge in [-0.1, -0.05) is 6.92 Å². The molecule has 0 aliphatic heterocycles. The fraction of sp³-hybridized carbons (Fsp3) is 0.667. The van der Waals surface area contributed by atoms with Gasteiger partial charge in [-0.3, -0.25) is 0 Å². The molecule has 1 aromatic rings. The molecule has 88 valence electrons. The Morgan fingerprint density at radius 2 is 2.12 bits per heavy atom. The van der Waals surface area contributed by atoms with E-state index < -0.39 is 0 Å². The van der Waals surface area contributed by atoms with Crippen LogP contribution in [0.15, 0.2) is 12.3 Å². The third-order valence-corrected chi connectivity index (χ3v) is 3.21. The second kappa shape index (κ2) is 5.25. The molecule has 1 aliphatic rings. The van der Waals surface area contributed by atoms with E-state index in [4.69, 9.17) is 5.11 Å². The minimum absolute atomic E-state index is 0.1000. The van der Waals surface area contributed by atoms with E-state index in [2.05, 4.69) is 22.2 Å². The molecular weight excluding hydrogens is 202 g/mol. The Bertz CT molecular complexity index is 335. The van der Waals surface area contributed by atoms with E-state index in [1.54, 1.807) is 6.20 Å². The topological polar surface area (TPSA) is 58.0 Å². The zero-order valence-corrected chi connectivity index (χ0v) is 9.69. The van der Waals surface area contributed by atoms with E-state index in [1.807, 2.05) is 6.07 Å². The van der Waals surface area contributed by atoms with E-state index >= 15 is 0 Å². The van der Waals surface area contributed by atoms with Crippen LogP contribution in [0.5, 0.6) is 0 Å². The van der Waals surface area contributed by atoms with Crippen molar-refractivity contribution in [3.63, 3.8) is 0 Å². The van der Waals surface area contributed by atoms with E-state index in [0.29, 0.717) is 11.9 Å². The summed E-state index contributed by atoms with van der Waals surface area (Å²) in [5, 5.41) is 12.4. The summed E-state index contributed by atoms with van der Waals surface area (Å²) in [5.41, 5.74) is 0. The molecule has 0 unspecified atom stereocenters. The van der Waals surface area contributed by atoms with Crippen molar-refractivity contribution >= 4 is 5.82 Å². The number of nitrogens with one attached hydrogen (secondary N) is 1. The van der Waals surface area contributed by atoms with Crippen molar-refractivity contribution in [1.82, 2.24) is 9.97 Å². The highest BCUT2D eigenvalue weighted by atomic mass is 16.3. The van der Waals surface area contributed by atoms with Gasteiger partial charge in [0.05, 0.1) is 0 Å². The first-order valence-corrected chi connectivity index (χ1v) is 5.97. The van der Waals surface area contributed by atoms with Crippen LogP contribution in [0.2, 0.25) is 0 Å². The van der Waals surface area contributed by atoms with Crippen molar-refractivity contribution in [2.24, 2.45) is 5.92 Å². The maximum atomic E-state index is 8.95. The van der Waals surface area contributed by atoms with Crippen LogP contribution in [-0.2, 0) is 6.61 Å². The van der Waals surface area contributed by atoms with Gasteiger partial charge in [-0.2, -0.15) is 0 Å². The molecule has 0 spiro atoms. The van der Waals surface area contributed by atoms with Crippen molar-refractivity contribution in [3.05, 3.63) is 18.1 Å². The lowest BCUT2D eigenvalue weighted by molar-refractivity contribution is 0.271. The van der Waals surface area contributed by atoms with Crippen LogP contribution in [0, 0.1) is 5.92 Å². The number of hydrogen-bond donors (Lipinski definition) is 2. The first-order chi connectivity index (χ1) is 7.78. The van der Waals surface area contributed by atoms with Crippen molar-refractivity contribution in [2.45, 2.75) is 45.3 Å². The van der Waals surface area contributed by atoms with Gasteiger partial charge in [-0.25, -0.2) is 9.97 Å². The van der Waals surface area contributed by atoms with E-state index in [9.17, 15) is 0 Å². The van der Waals surface area contributed by atoms with Crippen LogP contribution in [0.1, 0.15) is 38.4 Å². The van der Waals surface area contributed by atoms with Gasteiger partial charge in [0.1, 0.15) is 12.4 Å². The fourth-order valence-electron chi connectivity index (χ4n) is 2.17. The number of aliphatic hydroxyl groups is 1. The molecule has 16 heavy (non-hydrogen) atoms. The number of aliphatic hydroxyl groups excluding tert-OH is 1. The van der Waals surface area contributed by atoms with Crippen LogP contribution in [0.25, 0.3) is 0 Å². The smallest absolute Gasteiger partial charge is 0.156 e. The molecule has 0 saturated heterocycles. The van der Waals surface area contributed by atoms with Gasteiger partial charge in [0.15, 0.2) is 5.82 Å². The predicted molar refractivity (Wildman–Crippen MR) is 63.0 cm³/mol. The van der Waals surface area contributed by atoms with E-state index in [0.717, 1.165) is 11.7 Å². The number of anilines is 1. The fourth-order valence-corrected chi connectivity index (χ4v) is 2.17. The van der Waals surface area contributed by atoms with Gasteiger partial charge in [0, 0.05) is 12.2 Å². The summed E-state index contributed by atoms with van der Waals surface area (Å²) in [6, 6.07) is 2.38. The highest BCUT2D eigenvalue weighted by Crippen LogP contribution is 2.25. The Labute approximate surface area is 96.1 Å². The van der Waals surface area contributed by atoms with Crippen molar-refractivity contribution in [2.75, 3.05) is 5.32 Å². The molecule has 0 aromatic carbocycles. The maximum absolute atomic E-state index is 8.95. The molecule has 4 nitrogen and oxygen atoms in total.